The molecule has 3 heteroatoms. The Morgan fingerprint density at radius 2 is 1.79 bits per heavy atom. The fourth-order valence-electron chi connectivity index (χ4n) is 2.14. The molecule has 1 heterocycles. The molecule has 0 saturated heterocycles. The van der Waals surface area contributed by atoms with Crippen molar-refractivity contribution in [1.82, 2.24) is 9.78 Å². The fraction of sp³-hybridized carbons (Fsp3) is 0.0625. The van der Waals surface area contributed by atoms with Crippen LogP contribution in [-0.4, -0.2) is 14.9 Å². The molecule has 0 radical (unpaired) electrons. The van der Waals surface area contributed by atoms with Crippen molar-refractivity contribution in [3.05, 3.63) is 66.4 Å². The summed E-state index contributed by atoms with van der Waals surface area (Å²) in [5.74, 6) is 0.237. The number of phenols is 1. The maximum atomic E-state index is 10.1. The molecule has 0 fully saturated rings. The normalized spacial score (nSPS) is 10.6. The Bertz CT molecular complexity index is 702. The van der Waals surface area contributed by atoms with Gasteiger partial charge in [-0.1, -0.05) is 36.4 Å². The Morgan fingerprint density at radius 3 is 2.53 bits per heavy atom. The van der Waals surface area contributed by atoms with Gasteiger partial charge in [0.1, 0.15) is 11.4 Å². The Balaban J connectivity index is 2.15. The Morgan fingerprint density at radius 1 is 1.00 bits per heavy atom. The van der Waals surface area contributed by atoms with E-state index in [1.165, 1.54) is 0 Å². The summed E-state index contributed by atoms with van der Waals surface area (Å²) in [6.45, 7) is 1.95. The molecule has 0 aliphatic rings. The number of hydrogen-bond donors (Lipinski definition) is 1. The van der Waals surface area contributed by atoms with Crippen LogP contribution in [0.3, 0.4) is 0 Å². The van der Waals surface area contributed by atoms with Gasteiger partial charge in [-0.3, -0.25) is 0 Å². The minimum absolute atomic E-state index is 0.237. The lowest BCUT2D eigenvalue weighted by molar-refractivity contribution is 0.470. The molecule has 0 unspecified atom stereocenters. The number of aromatic nitrogens is 2. The second-order valence-corrected chi connectivity index (χ2v) is 4.49. The summed E-state index contributed by atoms with van der Waals surface area (Å²) >= 11 is 0. The third kappa shape index (κ3) is 2.10. The molecule has 0 aliphatic carbocycles. The van der Waals surface area contributed by atoms with Crippen molar-refractivity contribution in [1.29, 1.82) is 0 Å². The van der Waals surface area contributed by atoms with Gasteiger partial charge >= 0.3 is 0 Å². The first-order valence-electron chi connectivity index (χ1n) is 6.15. The Kier molecular flexibility index (Phi) is 2.80. The van der Waals surface area contributed by atoms with Crippen LogP contribution in [0.5, 0.6) is 5.75 Å². The second kappa shape index (κ2) is 4.61. The molecule has 0 saturated carbocycles. The number of benzene rings is 2. The third-order valence-electron chi connectivity index (χ3n) is 3.07. The average molecular weight is 250 g/mol. The lowest BCUT2D eigenvalue weighted by Gasteiger charge is -2.10. The van der Waals surface area contributed by atoms with Gasteiger partial charge in [-0.2, -0.15) is 5.10 Å². The SMILES string of the molecule is Cc1ccc(-n2nccc2-c2ccccc2)c(O)c1. The molecule has 19 heavy (non-hydrogen) atoms. The van der Waals surface area contributed by atoms with Crippen LogP contribution in [-0.2, 0) is 0 Å². The molecule has 2 aromatic carbocycles. The Labute approximate surface area is 111 Å². The quantitative estimate of drug-likeness (QED) is 0.755. The predicted octanol–water partition coefficient (Wildman–Crippen LogP) is 3.55. The van der Waals surface area contributed by atoms with Gasteiger partial charge in [-0.05, 0) is 30.7 Å². The zero-order valence-electron chi connectivity index (χ0n) is 10.6. The zero-order valence-corrected chi connectivity index (χ0v) is 10.6. The van der Waals surface area contributed by atoms with Crippen LogP contribution < -0.4 is 0 Å². The number of rotatable bonds is 2. The first kappa shape index (κ1) is 11.5. The summed E-state index contributed by atoms with van der Waals surface area (Å²) in [6, 6.07) is 17.5. The number of aryl methyl sites for hydroxylation is 1. The van der Waals surface area contributed by atoms with E-state index in [-0.39, 0.29) is 5.75 Å². The van der Waals surface area contributed by atoms with Crippen LogP contribution >= 0.6 is 0 Å². The highest BCUT2D eigenvalue weighted by Gasteiger charge is 2.10. The standard InChI is InChI=1S/C16H14N2O/c1-12-7-8-15(16(19)11-12)18-14(9-10-17-18)13-5-3-2-4-6-13/h2-11,19H,1H3. The van der Waals surface area contributed by atoms with E-state index in [2.05, 4.69) is 5.10 Å². The van der Waals surface area contributed by atoms with Gasteiger partial charge < -0.3 is 5.11 Å². The zero-order chi connectivity index (χ0) is 13.2. The molecule has 0 aliphatic heterocycles. The smallest absolute Gasteiger partial charge is 0.141 e. The van der Waals surface area contributed by atoms with Crippen molar-refractivity contribution in [3.8, 4) is 22.7 Å². The molecule has 0 bridgehead atoms. The number of hydrogen-bond acceptors (Lipinski definition) is 2. The van der Waals surface area contributed by atoms with Crippen molar-refractivity contribution < 1.29 is 5.11 Å². The van der Waals surface area contributed by atoms with Crippen LogP contribution in [0.1, 0.15) is 5.56 Å². The van der Waals surface area contributed by atoms with E-state index < -0.39 is 0 Å². The van der Waals surface area contributed by atoms with Gasteiger partial charge in [0.05, 0.1) is 11.9 Å². The van der Waals surface area contributed by atoms with Crippen molar-refractivity contribution >= 4 is 0 Å². The minimum atomic E-state index is 0.237. The first-order chi connectivity index (χ1) is 9.25. The number of phenolic OH excluding ortho intramolecular Hbond substituents is 1. The minimum Gasteiger partial charge on any atom is -0.506 e. The third-order valence-corrected chi connectivity index (χ3v) is 3.07. The topological polar surface area (TPSA) is 38.0 Å². The van der Waals surface area contributed by atoms with Crippen LogP contribution in [0, 0.1) is 6.92 Å². The van der Waals surface area contributed by atoms with Crippen LogP contribution in [0.15, 0.2) is 60.8 Å². The highest BCUT2D eigenvalue weighted by molar-refractivity contribution is 5.63. The number of nitrogens with zero attached hydrogens (tertiary/aromatic N) is 2. The maximum Gasteiger partial charge on any atom is 0.141 e. The summed E-state index contributed by atoms with van der Waals surface area (Å²) < 4.78 is 1.75. The summed E-state index contributed by atoms with van der Waals surface area (Å²) in [5, 5.41) is 14.4. The van der Waals surface area contributed by atoms with Crippen molar-refractivity contribution in [3.63, 3.8) is 0 Å². The van der Waals surface area contributed by atoms with E-state index in [1.54, 1.807) is 16.9 Å². The summed E-state index contributed by atoms with van der Waals surface area (Å²) in [5.41, 5.74) is 3.74. The van der Waals surface area contributed by atoms with Crippen molar-refractivity contribution in [2.45, 2.75) is 6.92 Å². The van der Waals surface area contributed by atoms with Gasteiger partial charge in [0.15, 0.2) is 0 Å². The first-order valence-corrected chi connectivity index (χ1v) is 6.15. The highest BCUT2D eigenvalue weighted by Crippen LogP contribution is 2.27. The molecular formula is C16H14N2O. The molecule has 0 amide bonds. The Hall–Kier alpha value is -2.55. The van der Waals surface area contributed by atoms with Gasteiger partial charge in [0.25, 0.3) is 0 Å². The van der Waals surface area contributed by atoms with Gasteiger partial charge in [-0.25, -0.2) is 4.68 Å². The number of aromatic hydroxyl groups is 1. The molecule has 1 N–H and O–H groups in total. The van der Waals surface area contributed by atoms with Crippen LogP contribution in [0.4, 0.5) is 0 Å². The van der Waals surface area contributed by atoms with Crippen LogP contribution in [0.25, 0.3) is 16.9 Å². The molecule has 0 spiro atoms. The molecule has 94 valence electrons. The average Bonchev–Trinajstić information content (AvgIpc) is 2.89. The van der Waals surface area contributed by atoms with Gasteiger partial charge in [0, 0.05) is 5.56 Å². The van der Waals surface area contributed by atoms with E-state index in [9.17, 15) is 5.11 Å². The molecule has 1 aromatic heterocycles. The lowest BCUT2D eigenvalue weighted by atomic mass is 10.1. The van der Waals surface area contributed by atoms with Crippen molar-refractivity contribution in [2.24, 2.45) is 0 Å². The molecule has 3 rings (SSSR count). The fourth-order valence-corrected chi connectivity index (χ4v) is 2.14. The molecule has 0 atom stereocenters. The van der Waals surface area contributed by atoms with E-state index in [1.807, 2.05) is 55.5 Å². The molecular weight excluding hydrogens is 236 g/mol. The monoisotopic (exact) mass is 250 g/mol. The maximum absolute atomic E-state index is 10.1. The lowest BCUT2D eigenvalue weighted by Crippen LogP contribution is -1.99. The second-order valence-electron chi connectivity index (χ2n) is 4.49. The van der Waals surface area contributed by atoms with E-state index in [4.69, 9.17) is 0 Å². The van der Waals surface area contributed by atoms with E-state index >= 15 is 0 Å². The van der Waals surface area contributed by atoms with Gasteiger partial charge in [-0.15, -0.1) is 0 Å². The summed E-state index contributed by atoms with van der Waals surface area (Å²) in [7, 11) is 0. The summed E-state index contributed by atoms with van der Waals surface area (Å²) in [4.78, 5) is 0. The highest BCUT2D eigenvalue weighted by atomic mass is 16.3. The van der Waals surface area contributed by atoms with E-state index in [0.717, 1.165) is 16.8 Å². The van der Waals surface area contributed by atoms with E-state index in [0.29, 0.717) is 5.69 Å². The molecule has 3 nitrogen and oxygen atoms in total. The summed E-state index contributed by atoms with van der Waals surface area (Å²) in [6.07, 6.45) is 1.74. The van der Waals surface area contributed by atoms with Crippen LogP contribution in [0.2, 0.25) is 0 Å². The van der Waals surface area contributed by atoms with Crippen molar-refractivity contribution in [2.75, 3.05) is 0 Å². The molecule has 3 aromatic rings. The van der Waals surface area contributed by atoms with Gasteiger partial charge in [0.2, 0.25) is 0 Å². The largest absolute Gasteiger partial charge is 0.506 e. The predicted molar refractivity (Wildman–Crippen MR) is 75.4 cm³/mol.